The second kappa shape index (κ2) is 5.90. The van der Waals surface area contributed by atoms with Gasteiger partial charge in [-0.25, -0.2) is 0 Å². The summed E-state index contributed by atoms with van der Waals surface area (Å²) in [7, 11) is 0. The Morgan fingerprint density at radius 3 is 2.53 bits per heavy atom. The number of nitrogens with zero attached hydrogens (tertiary/aromatic N) is 1. The molecule has 1 aliphatic heterocycles. The second-order valence-corrected chi connectivity index (χ2v) is 5.98. The molecule has 2 rings (SSSR count). The fourth-order valence-electron chi connectivity index (χ4n) is 2.97. The summed E-state index contributed by atoms with van der Waals surface area (Å²) in [4.78, 5) is 25.2. The van der Waals surface area contributed by atoms with Crippen molar-refractivity contribution in [3.8, 4) is 0 Å². The first-order chi connectivity index (χ1) is 8.99. The average molecular weight is 269 g/mol. The van der Waals surface area contributed by atoms with Gasteiger partial charge >= 0.3 is 5.97 Å². The van der Waals surface area contributed by atoms with Crippen LogP contribution >= 0.6 is 0 Å². The average Bonchev–Trinajstić information content (AvgIpc) is 2.87. The molecule has 0 bridgehead atoms. The molecule has 108 valence electrons. The lowest BCUT2D eigenvalue weighted by atomic mass is 10.0. The number of carbonyl (C=O) groups excluding carboxylic acids is 1. The van der Waals surface area contributed by atoms with E-state index in [-0.39, 0.29) is 23.8 Å². The summed E-state index contributed by atoms with van der Waals surface area (Å²) in [5.74, 6) is -0.691. The summed E-state index contributed by atoms with van der Waals surface area (Å²) in [5, 5.41) is 8.99. The third-order valence-electron chi connectivity index (χ3n) is 4.28. The first kappa shape index (κ1) is 14.3. The molecule has 2 aliphatic rings. The van der Waals surface area contributed by atoms with Crippen molar-refractivity contribution in [1.29, 1.82) is 0 Å². The van der Waals surface area contributed by atoms with Gasteiger partial charge in [-0.3, -0.25) is 9.59 Å². The largest absolute Gasteiger partial charge is 0.481 e. The molecule has 5 heteroatoms. The fourth-order valence-corrected chi connectivity index (χ4v) is 2.97. The van der Waals surface area contributed by atoms with Gasteiger partial charge in [-0.1, -0.05) is 13.8 Å². The molecule has 1 amide bonds. The highest BCUT2D eigenvalue weighted by Crippen LogP contribution is 2.32. The summed E-state index contributed by atoms with van der Waals surface area (Å²) in [6.07, 6.45) is 1.94. The fraction of sp³-hybridized carbons (Fsp3) is 0.857. The summed E-state index contributed by atoms with van der Waals surface area (Å²) in [5.41, 5.74) is 0. The van der Waals surface area contributed by atoms with Crippen molar-refractivity contribution in [2.24, 2.45) is 17.8 Å². The van der Waals surface area contributed by atoms with Crippen LogP contribution in [0.15, 0.2) is 0 Å². The van der Waals surface area contributed by atoms with Crippen LogP contribution in [0.1, 0.15) is 33.1 Å². The molecule has 0 aromatic rings. The van der Waals surface area contributed by atoms with Gasteiger partial charge in [0.2, 0.25) is 5.91 Å². The smallest absolute Gasteiger partial charge is 0.306 e. The quantitative estimate of drug-likeness (QED) is 0.840. The summed E-state index contributed by atoms with van der Waals surface area (Å²) >= 11 is 0. The minimum atomic E-state index is -0.766. The van der Waals surface area contributed by atoms with Crippen molar-refractivity contribution < 1.29 is 19.4 Å². The van der Waals surface area contributed by atoms with Crippen molar-refractivity contribution >= 4 is 11.9 Å². The van der Waals surface area contributed by atoms with Gasteiger partial charge in [0.25, 0.3) is 0 Å². The predicted molar refractivity (Wildman–Crippen MR) is 69.6 cm³/mol. The minimum Gasteiger partial charge on any atom is -0.481 e. The normalized spacial score (nSPS) is 31.7. The standard InChI is InChI=1S/C14H23NO4/c1-9(2)12-8-15(5-6-19-12)13(16)10-3-4-11(7-10)14(17)18/h9-12H,3-8H2,1-2H3,(H,17,18)/t10-,11+,12?/m1/s1. The van der Waals surface area contributed by atoms with Crippen LogP contribution in [0.4, 0.5) is 0 Å². The Morgan fingerprint density at radius 1 is 1.26 bits per heavy atom. The molecule has 3 atom stereocenters. The SMILES string of the molecule is CC(C)C1CN(C(=O)[C@@H]2CC[C@H](C(=O)O)C2)CCO1. The highest BCUT2D eigenvalue weighted by atomic mass is 16.5. The maximum Gasteiger partial charge on any atom is 0.306 e. The van der Waals surface area contributed by atoms with Gasteiger partial charge in [-0.2, -0.15) is 0 Å². The Hall–Kier alpha value is -1.10. The number of hydrogen-bond acceptors (Lipinski definition) is 3. The van der Waals surface area contributed by atoms with Gasteiger partial charge in [-0.15, -0.1) is 0 Å². The monoisotopic (exact) mass is 269 g/mol. The number of hydrogen-bond donors (Lipinski definition) is 1. The van der Waals surface area contributed by atoms with E-state index in [1.54, 1.807) is 0 Å². The highest BCUT2D eigenvalue weighted by Gasteiger charge is 2.37. The van der Waals surface area contributed by atoms with Gasteiger partial charge in [0.1, 0.15) is 0 Å². The molecular formula is C14H23NO4. The molecule has 0 radical (unpaired) electrons. The Balaban J connectivity index is 1.91. The molecule has 1 saturated carbocycles. The summed E-state index contributed by atoms with van der Waals surface area (Å²) < 4.78 is 5.65. The lowest BCUT2D eigenvalue weighted by Crippen LogP contribution is -2.49. The lowest BCUT2D eigenvalue weighted by molar-refractivity contribution is -0.145. The minimum absolute atomic E-state index is 0.105. The van der Waals surface area contributed by atoms with E-state index in [2.05, 4.69) is 13.8 Å². The van der Waals surface area contributed by atoms with Gasteiger partial charge in [0, 0.05) is 19.0 Å². The topological polar surface area (TPSA) is 66.8 Å². The molecule has 0 aromatic carbocycles. The van der Waals surface area contributed by atoms with Gasteiger partial charge in [0.05, 0.1) is 18.6 Å². The third kappa shape index (κ3) is 3.26. The molecule has 1 saturated heterocycles. The van der Waals surface area contributed by atoms with Crippen molar-refractivity contribution in [3.63, 3.8) is 0 Å². The number of morpholine rings is 1. The van der Waals surface area contributed by atoms with E-state index in [1.165, 1.54) is 0 Å². The van der Waals surface area contributed by atoms with Crippen molar-refractivity contribution in [1.82, 2.24) is 4.90 Å². The van der Waals surface area contributed by atoms with Crippen molar-refractivity contribution in [2.75, 3.05) is 19.7 Å². The number of amides is 1. The first-order valence-electron chi connectivity index (χ1n) is 7.12. The molecule has 0 aromatic heterocycles. The molecular weight excluding hydrogens is 246 g/mol. The van der Waals surface area contributed by atoms with E-state index in [0.717, 1.165) is 0 Å². The van der Waals surface area contributed by atoms with Gasteiger partial charge in [0.15, 0.2) is 0 Å². The van der Waals surface area contributed by atoms with E-state index >= 15 is 0 Å². The van der Waals surface area contributed by atoms with Crippen LogP contribution in [0.3, 0.4) is 0 Å². The zero-order valence-electron chi connectivity index (χ0n) is 11.7. The zero-order chi connectivity index (χ0) is 14.0. The van der Waals surface area contributed by atoms with Crippen molar-refractivity contribution in [2.45, 2.75) is 39.2 Å². The van der Waals surface area contributed by atoms with Crippen LogP contribution in [0.5, 0.6) is 0 Å². The zero-order valence-corrected chi connectivity index (χ0v) is 11.7. The highest BCUT2D eigenvalue weighted by molar-refractivity contribution is 5.81. The van der Waals surface area contributed by atoms with Crippen LogP contribution in [0.2, 0.25) is 0 Å². The molecule has 1 heterocycles. The van der Waals surface area contributed by atoms with Crippen LogP contribution in [0, 0.1) is 17.8 Å². The van der Waals surface area contributed by atoms with Gasteiger partial charge < -0.3 is 14.7 Å². The number of ether oxygens (including phenoxy) is 1. The van der Waals surface area contributed by atoms with E-state index in [4.69, 9.17) is 9.84 Å². The lowest BCUT2D eigenvalue weighted by Gasteiger charge is -2.36. The number of carboxylic acid groups (broad SMARTS) is 1. The maximum absolute atomic E-state index is 12.4. The Kier molecular flexibility index (Phi) is 4.45. The Morgan fingerprint density at radius 2 is 1.95 bits per heavy atom. The Labute approximate surface area is 113 Å². The first-order valence-corrected chi connectivity index (χ1v) is 7.12. The molecule has 5 nitrogen and oxygen atoms in total. The van der Waals surface area contributed by atoms with Gasteiger partial charge in [-0.05, 0) is 25.2 Å². The van der Waals surface area contributed by atoms with E-state index in [9.17, 15) is 9.59 Å². The number of carboxylic acids is 1. The summed E-state index contributed by atoms with van der Waals surface area (Å²) in [6, 6.07) is 0. The molecule has 0 spiro atoms. The van der Waals surface area contributed by atoms with Crippen LogP contribution in [0.25, 0.3) is 0 Å². The van der Waals surface area contributed by atoms with E-state index in [0.29, 0.717) is 44.9 Å². The Bertz CT molecular complexity index is 355. The number of aliphatic carboxylic acids is 1. The predicted octanol–water partition coefficient (Wildman–Crippen LogP) is 1.37. The molecule has 19 heavy (non-hydrogen) atoms. The number of carbonyl (C=O) groups is 2. The van der Waals surface area contributed by atoms with Crippen LogP contribution in [-0.2, 0) is 14.3 Å². The molecule has 1 unspecified atom stereocenters. The molecule has 2 fully saturated rings. The summed E-state index contributed by atoms with van der Waals surface area (Å²) in [6.45, 7) is 6.05. The second-order valence-electron chi connectivity index (χ2n) is 5.98. The van der Waals surface area contributed by atoms with E-state index < -0.39 is 5.97 Å². The van der Waals surface area contributed by atoms with Crippen LogP contribution < -0.4 is 0 Å². The third-order valence-corrected chi connectivity index (χ3v) is 4.28. The maximum atomic E-state index is 12.4. The van der Waals surface area contributed by atoms with E-state index in [1.807, 2.05) is 4.90 Å². The number of rotatable bonds is 3. The molecule has 1 N–H and O–H groups in total. The van der Waals surface area contributed by atoms with Crippen molar-refractivity contribution in [3.05, 3.63) is 0 Å². The van der Waals surface area contributed by atoms with Crippen LogP contribution in [-0.4, -0.2) is 47.7 Å². The molecule has 1 aliphatic carbocycles.